The Kier molecular flexibility index (Phi) is 4.07. The molecule has 0 radical (unpaired) electrons. The third-order valence-electron chi connectivity index (χ3n) is 4.93. The molecule has 0 aliphatic carbocycles. The summed E-state index contributed by atoms with van der Waals surface area (Å²) in [5, 5.41) is 4.17. The summed E-state index contributed by atoms with van der Waals surface area (Å²) in [6.07, 6.45) is 1.40. The van der Waals surface area contributed by atoms with Gasteiger partial charge in [0.15, 0.2) is 0 Å². The topological polar surface area (TPSA) is 61.6 Å². The number of epoxide rings is 1. The lowest BCUT2D eigenvalue weighted by molar-refractivity contribution is 0.211. The zero-order valence-corrected chi connectivity index (χ0v) is 14.7. The molecule has 0 N–H and O–H groups in total. The Morgan fingerprint density at radius 1 is 1.22 bits per heavy atom. The predicted molar refractivity (Wildman–Crippen MR) is 93.1 cm³/mol. The monoisotopic (exact) mass is 373 g/mol. The lowest BCUT2D eigenvalue weighted by Crippen LogP contribution is -2.33. The van der Waals surface area contributed by atoms with Crippen molar-refractivity contribution < 1.29 is 18.3 Å². The highest BCUT2D eigenvalue weighted by Gasteiger charge is 2.54. The van der Waals surface area contributed by atoms with E-state index >= 15 is 0 Å². The standard InChI is InChI=1S/C19H17F2N3O3/c1-12(19(10-27-19)16-8-3-13(20)9-17(16)21)24-18(25)23(11-22-24)14-4-6-15(26-2)7-5-14/h3-9,11-12H,10H2,1-2H3/t12-,19+/m1/s1. The van der Waals surface area contributed by atoms with E-state index in [4.69, 9.17) is 9.47 Å². The van der Waals surface area contributed by atoms with E-state index in [1.54, 1.807) is 38.3 Å². The van der Waals surface area contributed by atoms with E-state index in [9.17, 15) is 13.6 Å². The van der Waals surface area contributed by atoms with Crippen molar-refractivity contribution in [3.05, 3.63) is 76.5 Å². The third kappa shape index (κ3) is 2.82. The fourth-order valence-electron chi connectivity index (χ4n) is 3.23. The number of ether oxygens (including phenoxy) is 2. The molecule has 2 atom stereocenters. The molecular formula is C19H17F2N3O3. The molecule has 3 aromatic rings. The SMILES string of the molecule is COc1ccc(-n2cnn([C@H](C)[C@]3(c4ccc(F)cc4F)CO3)c2=O)cc1. The maximum Gasteiger partial charge on any atom is 0.350 e. The summed E-state index contributed by atoms with van der Waals surface area (Å²) >= 11 is 0. The zero-order chi connectivity index (χ0) is 19.2. The summed E-state index contributed by atoms with van der Waals surface area (Å²) < 4.78 is 40.8. The smallest absolute Gasteiger partial charge is 0.350 e. The number of benzene rings is 2. The molecule has 1 aliphatic rings. The van der Waals surface area contributed by atoms with E-state index in [2.05, 4.69) is 5.10 Å². The van der Waals surface area contributed by atoms with Crippen LogP contribution >= 0.6 is 0 Å². The molecule has 1 aromatic heterocycles. The Hall–Kier alpha value is -3.00. The first-order chi connectivity index (χ1) is 13.0. The number of halogens is 2. The van der Waals surface area contributed by atoms with E-state index in [0.717, 1.165) is 6.07 Å². The van der Waals surface area contributed by atoms with Crippen LogP contribution < -0.4 is 10.4 Å². The molecule has 0 bridgehead atoms. The fraction of sp³-hybridized carbons (Fsp3) is 0.263. The number of aromatic nitrogens is 3. The van der Waals surface area contributed by atoms with Crippen LogP contribution in [0.15, 0.2) is 53.6 Å². The van der Waals surface area contributed by atoms with Crippen LogP contribution in [0.3, 0.4) is 0 Å². The summed E-state index contributed by atoms with van der Waals surface area (Å²) in [5.41, 5.74) is -0.592. The molecule has 0 amide bonds. The quantitative estimate of drug-likeness (QED) is 0.646. The van der Waals surface area contributed by atoms with E-state index < -0.39 is 23.3 Å². The van der Waals surface area contributed by atoms with Gasteiger partial charge in [0.1, 0.15) is 29.3 Å². The highest BCUT2D eigenvalue weighted by atomic mass is 19.1. The Labute approximate surface area is 153 Å². The molecular weight excluding hydrogens is 356 g/mol. The fourth-order valence-corrected chi connectivity index (χ4v) is 3.23. The number of methoxy groups -OCH3 is 1. The van der Waals surface area contributed by atoms with Crippen molar-refractivity contribution in [1.82, 2.24) is 14.3 Å². The molecule has 6 nitrogen and oxygen atoms in total. The Bertz CT molecular complexity index is 1040. The van der Waals surface area contributed by atoms with E-state index in [-0.39, 0.29) is 17.9 Å². The van der Waals surface area contributed by atoms with Gasteiger partial charge in [-0.1, -0.05) is 6.07 Å². The minimum absolute atomic E-state index is 0.210. The Balaban J connectivity index is 1.69. The highest BCUT2D eigenvalue weighted by Crippen LogP contribution is 2.48. The largest absolute Gasteiger partial charge is 0.497 e. The number of nitrogens with zero attached hydrogens (tertiary/aromatic N) is 3. The van der Waals surface area contributed by atoms with Gasteiger partial charge in [-0.25, -0.2) is 22.8 Å². The van der Waals surface area contributed by atoms with Crippen LogP contribution in [-0.2, 0) is 10.3 Å². The maximum atomic E-state index is 14.3. The van der Waals surface area contributed by atoms with Crippen LogP contribution in [0.2, 0.25) is 0 Å². The van der Waals surface area contributed by atoms with Gasteiger partial charge in [0, 0.05) is 11.6 Å². The molecule has 0 unspecified atom stereocenters. The van der Waals surface area contributed by atoms with Gasteiger partial charge in [-0.15, -0.1) is 0 Å². The molecule has 0 saturated carbocycles. The summed E-state index contributed by atoms with van der Waals surface area (Å²) in [6.45, 7) is 1.95. The van der Waals surface area contributed by atoms with Gasteiger partial charge in [0.25, 0.3) is 0 Å². The average Bonchev–Trinajstić information content (AvgIpc) is 3.38. The van der Waals surface area contributed by atoms with Crippen molar-refractivity contribution in [2.45, 2.75) is 18.6 Å². The molecule has 8 heteroatoms. The number of rotatable bonds is 5. The zero-order valence-electron chi connectivity index (χ0n) is 14.7. The summed E-state index contributed by atoms with van der Waals surface area (Å²) in [7, 11) is 1.56. The normalized spacial score (nSPS) is 19.7. The predicted octanol–water partition coefficient (Wildman–Crippen LogP) is 2.81. The molecule has 2 heterocycles. The van der Waals surface area contributed by atoms with Crippen LogP contribution in [0.1, 0.15) is 18.5 Å². The number of hydrogen-bond donors (Lipinski definition) is 0. The van der Waals surface area contributed by atoms with Crippen LogP contribution in [-0.4, -0.2) is 28.1 Å². The molecule has 4 rings (SSSR count). The minimum atomic E-state index is -1.04. The van der Waals surface area contributed by atoms with Crippen LogP contribution in [0.4, 0.5) is 8.78 Å². The van der Waals surface area contributed by atoms with Gasteiger partial charge in [-0.05, 0) is 37.3 Å². The second-order valence-corrected chi connectivity index (χ2v) is 6.40. The lowest BCUT2D eigenvalue weighted by Gasteiger charge is -2.20. The molecule has 2 aromatic carbocycles. The van der Waals surface area contributed by atoms with E-state index in [1.807, 2.05) is 0 Å². The molecule has 140 valence electrons. The van der Waals surface area contributed by atoms with Gasteiger partial charge >= 0.3 is 5.69 Å². The molecule has 1 fully saturated rings. The average molecular weight is 373 g/mol. The van der Waals surface area contributed by atoms with Crippen LogP contribution in [0.5, 0.6) is 5.75 Å². The first-order valence-corrected chi connectivity index (χ1v) is 8.36. The second kappa shape index (κ2) is 6.31. The molecule has 1 aliphatic heterocycles. The summed E-state index contributed by atoms with van der Waals surface area (Å²) in [6, 6.07) is 9.70. The van der Waals surface area contributed by atoms with Gasteiger partial charge in [-0.3, -0.25) is 0 Å². The summed E-state index contributed by atoms with van der Waals surface area (Å²) in [5.74, 6) is -0.702. The second-order valence-electron chi connectivity index (χ2n) is 6.40. The highest BCUT2D eigenvalue weighted by molar-refractivity contribution is 5.37. The lowest BCUT2D eigenvalue weighted by atomic mass is 9.92. The Morgan fingerprint density at radius 2 is 1.93 bits per heavy atom. The first kappa shape index (κ1) is 17.4. The van der Waals surface area contributed by atoms with Crippen molar-refractivity contribution in [1.29, 1.82) is 0 Å². The van der Waals surface area contributed by atoms with Gasteiger partial charge in [-0.2, -0.15) is 5.10 Å². The van der Waals surface area contributed by atoms with Gasteiger partial charge in [0.2, 0.25) is 0 Å². The van der Waals surface area contributed by atoms with Crippen molar-refractivity contribution >= 4 is 0 Å². The van der Waals surface area contributed by atoms with Gasteiger partial charge < -0.3 is 9.47 Å². The van der Waals surface area contributed by atoms with Crippen molar-refractivity contribution in [2.24, 2.45) is 0 Å². The van der Waals surface area contributed by atoms with Crippen molar-refractivity contribution in [2.75, 3.05) is 13.7 Å². The van der Waals surface area contributed by atoms with E-state index in [1.165, 1.54) is 27.7 Å². The summed E-state index contributed by atoms with van der Waals surface area (Å²) in [4.78, 5) is 12.8. The van der Waals surface area contributed by atoms with Crippen LogP contribution in [0.25, 0.3) is 5.69 Å². The van der Waals surface area contributed by atoms with Crippen LogP contribution in [0, 0.1) is 11.6 Å². The Morgan fingerprint density at radius 3 is 2.52 bits per heavy atom. The minimum Gasteiger partial charge on any atom is -0.497 e. The maximum absolute atomic E-state index is 14.3. The van der Waals surface area contributed by atoms with Gasteiger partial charge in [0.05, 0.1) is 25.4 Å². The number of hydrogen-bond acceptors (Lipinski definition) is 4. The van der Waals surface area contributed by atoms with Crippen molar-refractivity contribution in [3.8, 4) is 11.4 Å². The third-order valence-corrected chi connectivity index (χ3v) is 4.93. The molecule has 0 spiro atoms. The molecule has 1 saturated heterocycles. The molecule has 27 heavy (non-hydrogen) atoms. The van der Waals surface area contributed by atoms with E-state index in [0.29, 0.717) is 11.4 Å². The van der Waals surface area contributed by atoms with Crippen molar-refractivity contribution in [3.63, 3.8) is 0 Å². The first-order valence-electron chi connectivity index (χ1n) is 8.36.